The largest absolute Gasteiger partial charge is 0.340 e. The summed E-state index contributed by atoms with van der Waals surface area (Å²) >= 11 is 0. The Morgan fingerprint density at radius 1 is 0.348 bits per heavy atom. The summed E-state index contributed by atoms with van der Waals surface area (Å²) < 4.78 is 145. The zero-order valence-electron chi connectivity index (χ0n) is 22.2. The van der Waals surface area contributed by atoms with Gasteiger partial charge in [-0.25, -0.2) is 63.8 Å². The van der Waals surface area contributed by atoms with Gasteiger partial charge in [0.25, 0.3) is 0 Å². The molecular formula is C30H10F10N6. The Morgan fingerprint density at radius 2 is 0.696 bits per heavy atom. The molecule has 230 valence electrons. The van der Waals surface area contributed by atoms with Crippen LogP contribution < -0.4 is 0 Å². The second-order valence-corrected chi connectivity index (χ2v) is 9.76. The average Bonchev–Trinajstić information content (AvgIpc) is 3.87. The highest BCUT2D eigenvalue weighted by Gasteiger charge is 2.31. The minimum absolute atomic E-state index is 0.0731. The van der Waals surface area contributed by atoms with Crippen LogP contribution in [0.1, 0.15) is 23.0 Å². The van der Waals surface area contributed by atoms with Gasteiger partial charge in [-0.2, -0.15) is 0 Å². The number of fused-ring (bicyclic) bond motifs is 8. The van der Waals surface area contributed by atoms with E-state index in [2.05, 4.69) is 29.9 Å². The van der Waals surface area contributed by atoms with Gasteiger partial charge in [0.1, 0.15) is 11.3 Å². The van der Waals surface area contributed by atoms with Gasteiger partial charge in [-0.1, -0.05) is 0 Å². The van der Waals surface area contributed by atoms with Crippen LogP contribution in [0.15, 0.2) is 24.3 Å². The third kappa shape index (κ3) is 4.35. The van der Waals surface area contributed by atoms with Gasteiger partial charge in [-0.3, -0.25) is 0 Å². The van der Waals surface area contributed by atoms with Gasteiger partial charge in [0, 0.05) is 22.2 Å². The topological polar surface area (TPSA) is 83.1 Å². The fraction of sp³-hybridized carbons (Fsp3) is 0. The minimum Gasteiger partial charge on any atom is -0.340 e. The molecule has 0 fully saturated rings. The molecule has 2 aliphatic rings. The summed E-state index contributed by atoms with van der Waals surface area (Å²) in [7, 11) is 0. The average molecular weight is 644 g/mol. The molecule has 0 radical (unpaired) electrons. The van der Waals surface area contributed by atoms with Crippen molar-refractivity contribution < 1.29 is 43.9 Å². The van der Waals surface area contributed by atoms with E-state index in [9.17, 15) is 26.3 Å². The van der Waals surface area contributed by atoms with E-state index in [4.69, 9.17) is 0 Å². The number of aromatic nitrogens is 6. The van der Waals surface area contributed by atoms with Gasteiger partial charge < -0.3 is 9.97 Å². The Bertz CT molecular complexity index is 2240. The monoisotopic (exact) mass is 644 g/mol. The molecule has 16 heteroatoms. The molecule has 5 heterocycles. The molecule has 5 aromatic rings. The quantitative estimate of drug-likeness (QED) is 0.113. The van der Waals surface area contributed by atoms with Crippen LogP contribution in [0.4, 0.5) is 43.9 Å². The first-order chi connectivity index (χ1) is 21.9. The lowest BCUT2D eigenvalue weighted by Gasteiger charge is -2.10. The third-order valence-electron chi connectivity index (χ3n) is 7.03. The third-order valence-corrected chi connectivity index (χ3v) is 7.03. The lowest BCUT2D eigenvalue weighted by Crippen LogP contribution is -2.06. The van der Waals surface area contributed by atoms with Crippen LogP contribution in [-0.4, -0.2) is 29.9 Å². The summed E-state index contributed by atoms with van der Waals surface area (Å²) in [5, 5.41) is 0. The van der Waals surface area contributed by atoms with E-state index in [0.29, 0.717) is 0 Å². The van der Waals surface area contributed by atoms with Crippen molar-refractivity contribution in [1.29, 1.82) is 0 Å². The van der Waals surface area contributed by atoms with Gasteiger partial charge >= 0.3 is 0 Å². The summed E-state index contributed by atoms with van der Waals surface area (Å²) in [6.07, 6.45) is 4.78. The number of hydrogen-bond donors (Lipinski definition) is 2. The molecule has 2 N–H and O–H groups in total. The zero-order valence-corrected chi connectivity index (χ0v) is 22.2. The standard InChI is InChI=1S/C30H10F10N6/c31-21-19(22(32)26(36)29(39)25(21)35)17-9-1-5-13(41-9)45-14-7-3-11(43-14)18(20-23(33)27(37)30(40)28(38)24(20)34)12-4-8-16(44-12)46-15-6-2-10(17)42-15/h1-8H,(H,41,43,45)(H,42,44,46). The SMILES string of the molecule is Fc1c(F)c(F)c(-c2c3nc(nc4ccc([nH]4)c(-c4c(F)c(F)c(F)c(F)c4F)c4ccc(nc5nc2C=C5)[nH]4)C=C3)c(F)c1F. The number of aromatic amines is 2. The van der Waals surface area contributed by atoms with Crippen molar-refractivity contribution in [2.75, 3.05) is 0 Å². The molecule has 0 atom stereocenters. The van der Waals surface area contributed by atoms with Gasteiger partial charge in [-0.05, 0) is 48.6 Å². The molecule has 8 bridgehead atoms. The number of rotatable bonds is 2. The van der Waals surface area contributed by atoms with Crippen LogP contribution >= 0.6 is 0 Å². The van der Waals surface area contributed by atoms with E-state index < -0.39 is 80.4 Å². The predicted molar refractivity (Wildman–Crippen MR) is 145 cm³/mol. The van der Waals surface area contributed by atoms with Gasteiger partial charge in [0.05, 0.1) is 22.5 Å². The molecule has 6 nitrogen and oxygen atoms in total. The number of benzene rings is 2. The van der Waals surface area contributed by atoms with Crippen LogP contribution in [0.25, 0.3) is 68.9 Å². The van der Waals surface area contributed by atoms with Crippen LogP contribution in [0.3, 0.4) is 0 Å². The van der Waals surface area contributed by atoms with Crippen LogP contribution in [-0.2, 0) is 0 Å². The minimum atomic E-state index is -2.36. The molecule has 3 aromatic heterocycles. The van der Waals surface area contributed by atoms with Crippen molar-refractivity contribution in [1.82, 2.24) is 29.9 Å². The zero-order chi connectivity index (χ0) is 32.6. The van der Waals surface area contributed by atoms with E-state index in [1.54, 1.807) is 0 Å². The smallest absolute Gasteiger partial charge is 0.200 e. The van der Waals surface area contributed by atoms with Gasteiger partial charge in [0.15, 0.2) is 58.2 Å². The Labute approximate surface area is 248 Å². The van der Waals surface area contributed by atoms with Crippen molar-refractivity contribution in [3.05, 3.63) is 105 Å². The Hall–Kier alpha value is -5.80. The molecule has 0 amide bonds. The van der Waals surface area contributed by atoms with Crippen LogP contribution in [0.5, 0.6) is 0 Å². The fourth-order valence-electron chi connectivity index (χ4n) is 4.99. The molecule has 0 aliphatic carbocycles. The number of nitrogens with zero attached hydrogens (tertiary/aromatic N) is 4. The normalized spacial score (nSPS) is 12.4. The molecule has 0 saturated heterocycles. The Morgan fingerprint density at radius 3 is 1.09 bits per heavy atom. The van der Waals surface area contributed by atoms with Crippen molar-refractivity contribution >= 4 is 46.6 Å². The summed E-state index contributed by atoms with van der Waals surface area (Å²) in [5.74, 6) is -22.3. The van der Waals surface area contributed by atoms with E-state index in [-0.39, 0.29) is 45.4 Å². The lowest BCUT2D eigenvalue weighted by molar-refractivity contribution is 0.381. The highest BCUT2D eigenvalue weighted by molar-refractivity contribution is 5.94. The molecule has 7 rings (SSSR count). The first kappa shape index (κ1) is 28.9. The summed E-state index contributed by atoms with van der Waals surface area (Å²) in [4.78, 5) is 22.0. The number of nitrogens with one attached hydrogen (secondary N) is 2. The first-order valence-electron chi connectivity index (χ1n) is 12.8. The first-order valence-corrected chi connectivity index (χ1v) is 12.8. The maximum atomic E-state index is 15.0. The second-order valence-electron chi connectivity index (χ2n) is 9.76. The number of H-pyrrole nitrogens is 2. The number of hydrogen-bond acceptors (Lipinski definition) is 4. The van der Waals surface area contributed by atoms with Gasteiger partial charge in [-0.15, -0.1) is 0 Å². The number of halogens is 10. The lowest BCUT2D eigenvalue weighted by atomic mass is 10.00. The molecule has 0 unspecified atom stereocenters. The highest BCUT2D eigenvalue weighted by atomic mass is 19.2. The van der Waals surface area contributed by atoms with Crippen molar-refractivity contribution in [3.8, 4) is 22.3 Å². The van der Waals surface area contributed by atoms with Crippen LogP contribution in [0.2, 0.25) is 0 Å². The molecule has 0 saturated carbocycles. The van der Waals surface area contributed by atoms with E-state index in [1.165, 1.54) is 48.6 Å². The fourth-order valence-corrected chi connectivity index (χ4v) is 4.99. The highest BCUT2D eigenvalue weighted by Crippen LogP contribution is 2.38. The molecule has 0 spiro atoms. The van der Waals surface area contributed by atoms with Crippen molar-refractivity contribution in [2.24, 2.45) is 0 Å². The summed E-state index contributed by atoms with van der Waals surface area (Å²) in [6, 6.07) is 4.98. The van der Waals surface area contributed by atoms with Crippen molar-refractivity contribution in [3.63, 3.8) is 0 Å². The molecule has 2 aliphatic heterocycles. The van der Waals surface area contributed by atoms with Crippen molar-refractivity contribution in [2.45, 2.75) is 0 Å². The molecular weight excluding hydrogens is 634 g/mol. The Balaban J connectivity index is 1.61. The van der Waals surface area contributed by atoms with E-state index in [0.717, 1.165) is 0 Å². The summed E-state index contributed by atoms with van der Waals surface area (Å²) in [5.41, 5.74) is -4.73. The van der Waals surface area contributed by atoms with E-state index in [1.807, 2.05) is 0 Å². The predicted octanol–water partition coefficient (Wildman–Crippen LogP) is 8.17. The second kappa shape index (κ2) is 10.4. The van der Waals surface area contributed by atoms with Crippen LogP contribution in [0, 0.1) is 58.2 Å². The maximum Gasteiger partial charge on any atom is 0.200 e. The maximum absolute atomic E-state index is 15.0. The van der Waals surface area contributed by atoms with E-state index >= 15 is 17.6 Å². The molecule has 46 heavy (non-hydrogen) atoms. The Kier molecular flexibility index (Phi) is 6.54. The van der Waals surface area contributed by atoms with Gasteiger partial charge in [0.2, 0.25) is 11.6 Å². The molecule has 2 aromatic carbocycles. The summed E-state index contributed by atoms with van der Waals surface area (Å²) in [6.45, 7) is 0.